The van der Waals surface area contributed by atoms with Crippen LogP contribution in [0.4, 0.5) is 5.69 Å². The van der Waals surface area contributed by atoms with Crippen LogP contribution in [0.1, 0.15) is 0 Å². The first-order chi connectivity index (χ1) is 8.74. The molecule has 0 fully saturated rings. The van der Waals surface area contributed by atoms with Crippen molar-refractivity contribution in [3.63, 3.8) is 0 Å². The first kappa shape index (κ1) is 10.5. The van der Waals surface area contributed by atoms with Crippen LogP contribution < -0.4 is 5.73 Å². The van der Waals surface area contributed by atoms with Gasteiger partial charge in [0.2, 0.25) is 5.82 Å². The molecule has 0 atom stereocenters. The molecule has 18 heavy (non-hydrogen) atoms. The van der Waals surface area contributed by atoms with Crippen molar-refractivity contribution in [2.24, 2.45) is 7.05 Å². The SMILES string of the molecule is Cn1ccc(-c2noc(-c3ccncc3N)n2)n1. The van der Waals surface area contributed by atoms with Crippen LogP contribution in [0, 0.1) is 0 Å². The zero-order valence-electron chi connectivity index (χ0n) is 9.61. The molecule has 0 radical (unpaired) electrons. The van der Waals surface area contributed by atoms with E-state index >= 15 is 0 Å². The Bertz CT molecular complexity index is 686. The highest BCUT2D eigenvalue weighted by Crippen LogP contribution is 2.24. The second kappa shape index (κ2) is 3.95. The van der Waals surface area contributed by atoms with Crippen molar-refractivity contribution in [3.8, 4) is 23.0 Å². The molecule has 0 unspecified atom stereocenters. The van der Waals surface area contributed by atoms with Gasteiger partial charge in [0, 0.05) is 19.4 Å². The minimum atomic E-state index is 0.357. The number of hydrogen-bond acceptors (Lipinski definition) is 6. The Kier molecular flexibility index (Phi) is 2.30. The summed E-state index contributed by atoms with van der Waals surface area (Å²) in [6.07, 6.45) is 4.97. The van der Waals surface area contributed by atoms with Crippen molar-refractivity contribution < 1.29 is 4.52 Å². The number of hydrogen-bond donors (Lipinski definition) is 1. The molecule has 0 amide bonds. The molecule has 0 aliphatic carbocycles. The zero-order chi connectivity index (χ0) is 12.5. The molecule has 90 valence electrons. The van der Waals surface area contributed by atoms with E-state index in [1.54, 1.807) is 23.1 Å². The second-order valence-electron chi connectivity index (χ2n) is 3.76. The molecule has 0 aromatic carbocycles. The molecule has 2 N–H and O–H groups in total. The molecule has 0 aliphatic rings. The summed E-state index contributed by atoms with van der Waals surface area (Å²) in [5, 5.41) is 8.08. The van der Waals surface area contributed by atoms with Crippen molar-refractivity contribution in [2.45, 2.75) is 0 Å². The summed E-state index contributed by atoms with van der Waals surface area (Å²) in [7, 11) is 1.82. The summed E-state index contributed by atoms with van der Waals surface area (Å²) in [6.45, 7) is 0. The van der Waals surface area contributed by atoms with Gasteiger partial charge >= 0.3 is 0 Å². The second-order valence-corrected chi connectivity index (χ2v) is 3.76. The molecule has 0 spiro atoms. The topological polar surface area (TPSA) is 95.7 Å². The van der Waals surface area contributed by atoms with E-state index in [2.05, 4.69) is 20.2 Å². The maximum absolute atomic E-state index is 5.79. The summed E-state index contributed by atoms with van der Waals surface area (Å²) in [6, 6.07) is 3.54. The highest BCUT2D eigenvalue weighted by molar-refractivity contribution is 5.69. The third-order valence-electron chi connectivity index (χ3n) is 2.45. The number of nitrogen functional groups attached to an aromatic ring is 1. The van der Waals surface area contributed by atoms with Gasteiger partial charge in [0.15, 0.2) is 0 Å². The third-order valence-corrected chi connectivity index (χ3v) is 2.45. The first-order valence-corrected chi connectivity index (χ1v) is 5.27. The Hall–Kier alpha value is -2.70. The van der Waals surface area contributed by atoms with E-state index in [0.29, 0.717) is 28.7 Å². The Balaban J connectivity index is 2.02. The van der Waals surface area contributed by atoms with Gasteiger partial charge in [-0.3, -0.25) is 9.67 Å². The van der Waals surface area contributed by atoms with E-state index in [0.717, 1.165) is 0 Å². The van der Waals surface area contributed by atoms with Gasteiger partial charge in [-0.25, -0.2) is 0 Å². The molecule has 0 bridgehead atoms. The fourth-order valence-corrected chi connectivity index (χ4v) is 1.57. The molecular weight excluding hydrogens is 232 g/mol. The predicted molar refractivity (Wildman–Crippen MR) is 64.1 cm³/mol. The van der Waals surface area contributed by atoms with Gasteiger partial charge in [-0.2, -0.15) is 10.1 Å². The van der Waals surface area contributed by atoms with E-state index < -0.39 is 0 Å². The summed E-state index contributed by atoms with van der Waals surface area (Å²) >= 11 is 0. The highest BCUT2D eigenvalue weighted by Gasteiger charge is 2.14. The van der Waals surface area contributed by atoms with Gasteiger partial charge in [0.1, 0.15) is 5.69 Å². The minimum absolute atomic E-state index is 0.357. The third kappa shape index (κ3) is 1.71. The van der Waals surface area contributed by atoms with Crippen molar-refractivity contribution in [1.29, 1.82) is 0 Å². The molecule has 3 aromatic heterocycles. The molecule has 0 saturated heterocycles. The number of rotatable bonds is 2. The Labute approximate surface area is 102 Å². The van der Waals surface area contributed by atoms with E-state index in [-0.39, 0.29) is 0 Å². The largest absolute Gasteiger partial charge is 0.397 e. The number of pyridine rings is 1. The van der Waals surface area contributed by atoms with E-state index in [4.69, 9.17) is 10.3 Å². The Morgan fingerprint density at radius 1 is 1.33 bits per heavy atom. The lowest BCUT2D eigenvalue weighted by molar-refractivity contribution is 0.432. The van der Waals surface area contributed by atoms with Crippen LogP contribution in [-0.2, 0) is 7.05 Å². The molecule has 3 heterocycles. The molecule has 7 nitrogen and oxygen atoms in total. The van der Waals surface area contributed by atoms with E-state index in [9.17, 15) is 0 Å². The molecule has 0 aliphatic heterocycles. The lowest BCUT2D eigenvalue weighted by atomic mass is 10.2. The zero-order valence-corrected chi connectivity index (χ0v) is 9.61. The standard InChI is InChI=1S/C11H10N6O/c1-17-5-3-9(15-17)10-14-11(18-16-10)7-2-4-13-6-8(7)12/h2-6H,12H2,1H3. The van der Waals surface area contributed by atoms with Crippen molar-refractivity contribution >= 4 is 5.69 Å². The van der Waals surface area contributed by atoms with Gasteiger partial charge in [0.25, 0.3) is 5.89 Å². The smallest absolute Gasteiger partial charge is 0.260 e. The summed E-state index contributed by atoms with van der Waals surface area (Å²) in [5.41, 5.74) is 7.61. The minimum Gasteiger partial charge on any atom is -0.397 e. The van der Waals surface area contributed by atoms with Crippen LogP contribution in [-0.4, -0.2) is 24.9 Å². The maximum Gasteiger partial charge on any atom is 0.260 e. The predicted octanol–water partition coefficient (Wildman–Crippen LogP) is 1.11. The number of aryl methyl sites for hydroxylation is 1. The number of nitrogens with zero attached hydrogens (tertiary/aromatic N) is 5. The first-order valence-electron chi connectivity index (χ1n) is 5.27. The van der Waals surface area contributed by atoms with Gasteiger partial charge in [-0.1, -0.05) is 5.16 Å². The average Bonchev–Trinajstić information content (AvgIpc) is 2.98. The van der Waals surface area contributed by atoms with Gasteiger partial charge in [0.05, 0.1) is 17.4 Å². The lowest BCUT2D eigenvalue weighted by Gasteiger charge is -1.96. The van der Waals surface area contributed by atoms with Gasteiger partial charge in [-0.15, -0.1) is 0 Å². The Morgan fingerprint density at radius 2 is 2.22 bits per heavy atom. The Morgan fingerprint density at radius 3 is 2.94 bits per heavy atom. The van der Waals surface area contributed by atoms with Gasteiger partial charge < -0.3 is 10.3 Å². The molecular formula is C11H10N6O. The van der Waals surface area contributed by atoms with Crippen LogP contribution in [0.3, 0.4) is 0 Å². The quantitative estimate of drug-likeness (QED) is 0.723. The maximum atomic E-state index is 5.79. The summed E-state index contributed by atoms with van der Waals surface area (Å²) < 4.78 is 6.85. The molecule has 0 saturated carbocycles. The highest BCUT2D eigenvalue weighted by atomic mass is 16.5. The van der Waals surface area contributed by atoms with Crippen LogP contribution in [0.2, 0.25) is 0 Å². The molecule has 7 heteroatoms. The lowest BCUT2D eigenvalue weighted by Crippen LogP contribution is -1.91. The van der Waals surface area contributed by atoms with E-state index in [1.807, 2.05) is 19.3 Å². The van der Waals surface area contributed by atoms with Crippen molar-refractivity contribution in [2.75, 3.05) is 5.73 Å². The monoisotopic (exact) mass is 242 g/mol. The normalized spacial score (nSPS) is 10.7. The van der Waals surface area contributed by atoms with Gasteiger partial charge in [-0.05, 0) is 12.1 Å². The fourth-order valence-electron chi connectivity index (χ4n) is 1.57. The van der Waals surface area contributed by atoms with Crippen LogP contribution >= 0.6 is 0 Å². The average molecular weight is 242 g/mol. The van der Waals surface area contributed by atoms with Crippen molar-refractivity contribution in [1.82, 2.24) is 24.9 Å². The number of nitrogens with two attached hydrogens (primary N) is 1. The van der Waals surface area contributed by atoms with Crippen LogP contribution in [0.25, 0.3) is 23.0 Å². The molecule has 3 rings (SSSR count). The number of anilines is 1. The molecule has 3 aromatic rings. The fraction of sp³-hybridized carbons (Fsp3) is 0.0909. The summed E-state index contributed by atoms with van der Waals surface area (Å²) in [5.74, 6) is 0.789. The number of aromatic nitrogens is 5. The summed E-state index contributed by atoms with van der Waals surface area (Å²) in [4.78, 5) is 8.17. The van der Waals surface area contributed by atoms with Crippen molar-refractivity contribution in [3.05, 3.63) is 30.7 Å². The van der Waals surface area contributed by atoms with Crippen LogP contribution in [0.15, 0.2) is 35.2 Å². The van der Waals surface area contributed by atoms with E-state index in [1.165, 1.54) is 0 Å². The van der Waals surface area contributed by atoms with Crippen LogP contribution in [0.5, 0.6) is 0 Å².